The molecule has 0 aromatic heterocycles. The largest absolute Gasteiger partial charge is 0.481 e. The van der Waals surface area contributed by atoms with Crippen molar-refractivity contribution in [3.63, 3.8) is 0 Å². The molecule has 0 bridgehead atoms. The Labute approximate surface area is 68.4 Å². The Morgan fingerprint density at radius 3 is 2.33 bits per heavy atom. The first kappa shape index (κ1) is 7.54. The van der Waals surface area contributed by atoms with Crippen molar-refractivity contribution >= 4 is 11.9 Å². The van der Waals surface area contributed by atoms with Crippen LogP contribution in [-0.2, 0) is 9.59 Å². The third-order valence-corrected chi connectivity index (χ3v) is 2.74. The Hall–Kier alpha value is -1.10. The van der Waals surface area contributed by atoms with Crippen LogP contribution in [0.25, 0.3) is 0 Å². The maximum atomic E-state index is 10.6. The van der Waals surface area contributed by atoms with E-state index in [0.29, 0.717) is 6.54 Å². The summed E-state index contributed by atoms with van der Waals surface area (Å²) in [5.74, 6) is -2.36. The summed E-state index contributed by atoms with van der Waals surface area (Å²) in [5.41, 5.74) is 0. The molecule has 5 heteroatoms. The molecule has 5 nitrogen and oxygen atoms in total. The van der Waals surface area contributed by atoms with Gasteiger partial charge in [-0.2, -0.15) is 0 Å². The Balaban J connectivity index is 2.07. The summed E-state index contributed by atoms with van der Waals surface area (Å²) in [6, 6.07) is -0.643. The van der Waals surface area contributed by atoms with Crippen LogP contribution in [0.15, 0.2) is 0 Å². The minimum absolute atomic E-state index is 0.0450. The quantitative estimate of drug-likeness (QED) is 0.495. The standard InChI is InChI=1S/C7H9NO4/c9-6(10)4-2-1-8-5(3(2)4)7(11)12/h2-5,8H,1H2,(H,9,10)(H,11,12)/t2-,3+,4+,5-/m1/s1. The highest BCUT2D eigenvalue weighted by Gasteiger charge is 2.63. The van der Waals surface area contributed by atoms with Crippen molar-refractivity contribution in [2.24, 2.45) is 17.8 Å². The second-order valence-electron chi connectivity index (χ2n) is 3.33. The topological polar surface area (TPSA) is 86.6 Å². The van der Waals surface area contributed by atoms with Gasteiger partial charge < -0.3 is 15.5 Å². The monoisotopic (exact) mass is 171 g/mol. The van der Waals surface area contributed by atoms with Gasteiger partial charge >= 0.3 is 11.9 Å². The van der Waals surface area contributed by atoms with E-state index in [-0.39, 0.29) is 11.8 Å². The first-order valence-corrected chi connectivity index (χ1v) is 3.82. The molecule has 1 aliphatic carbocycles. The van der Waals surface area contributed by atoms with Crippen LogP contribution in [0.2, 0.25) is 0 Å². The summed E-state index contributed by atoms with van der Waals surface area (Å²) in [5, 5.41) is 20.1. The lowest BCUT2D eigenvalue weighted by Gasteiger charge is -2.08. The highest BCUT2D eigenvalue weighted by Crippen LogP contribution is 2.51. The molecule has 0 amide bonds. The Kier molecular flexibility index (Phi) is 1.38. The maximum Gasteiger partial charge on any atom is 0.321 e. The van der Waals surface area contributed by atoms with Gasteiger partial charge in [-0.15, -0.1) is 0 Å². The number of carboxylic acids is 2. The van der Waals surface area contributed by atoms with Crippen LogP contribution < -0.4 is 5.32 Å². The van der Waals surface area contributed by atoms with E-state index in [1.54, 1.807) is 0 Å². The van der Waals surface area contributed by atoms with Gasteiger partial charge in [-0.3, -0.25) is 9.59 Å². The van der Waals surface area contributed by atoms with Crippen molar-refractivity contribution in [2.45, 2.75) is 6.04 Å². The average molecular weight is 171 g/mol. The summed E-state index contributed by atoms with van der Waals surface area (Å²) in [6.45, 7) is 0.526. The second kappa shape index (κ2) is 2.20. The van der Waals surface area contributed by atoms with E-state index in [1.807, 2.05) is 0 Å². The number of carboxylic acid groups (broad SMARTS) is 2. The van der Waals surface area contributed by atoms with E-state index in [2.05, 4.69) is 5.32 Å². The van der Waals surface area contributed by atoms with Gasteiger partial charge in [-0.1, -0.05) is 0 Å². The zero-order chi connectivity index (χ0) is 8.88. The predicted octanol–water partition coefficient (Wildman–Crippen LogP) is -1.01. The molecule has 0 spiro atoms. The normalized spacial score (nSPS) is 43.7. The number of aliphatic carboxylic acids is 2. The lowest BCUT2D eigenvalue weighted by Crippen LogP contribution is -2.36. The van der Waals surface area contributed by atoms with E-state index in [0.717, 1.165) is 0 Å². The number of rotatable bonds is 2. The highest BCUT2D eigenvalue weighted by molar-refractivity contribution is 5.81. The molecule has 0 unspecified atom stereocenters. The molecule has 3 N–H and O–H groups in total. The minimum Gasteiger partial charge on any atom is -0.481 e. The summed E-state index contributed by atoms with van der Waals surface area (Å²) in [4.78, 5) is 21.1. The van der Waals surface area contributed by atoms with Crippen LogP contribution >= 0.6 is 0 Å². The molecule has 66 valence electrons. The first-order chi connectivity index (χ1) is 5.63. The SMILES string of the molecule is O=C(O)[C@H]1[C@@H]2CN[C@@H](C(=O)O)[C@@H]21. The van der Waals surface area contributed by atoms with Crippen LogP contribution in [0.4, 0.5) is 0 Å². The van der Waals surface area contributed by atoms with Gasteiger partial charge in [0.05, 0.1) is 5.92 Å². The molecule has 2 rings (SSSR count). The fourth-order valence-corrected chi connectivity index (χ4v) is 2.12. The average Bonchev–Trinajstić information content (AvgIpc) is 2.52. The Morgan fingerprint density at radius 1 is 1.25 bits per heavy atom. The van der Waals surface area contributed by atoms with Crippen molar-refractivity contribution in [3.05, 3.63) is 0 Å². The third kappa shape index (κ3) is 0.828. The van der Waals surface area contributed by atoms with Crippen molar-refractivity contribution in [2.75, 3.05) is 6.54 Å². The maximum absolute atomic E-state index is 10.6. The molecule has 1 heterocycles. The molecular formula is C7H9NO4. The summed E-state index contributed by atoms with van der Waals surface area (Å²) in [7, 11) is 0. The van der Waals surface area contributed by atoms with Crippen LogP contribution in [-0.4, -0.2) is 34.7 Å². The van der Waals surface area contributed by atoms with E-state index >= 15 is 0 Å². The van der Waals surface area contributed by atoms with Crippen molar-refractivity contribution in [1.29, 1.82) is 0 Å². The lowest BCUT2D eigenvalue weighted by atomic mass is 10.1. The number of carbonyl (C=O) groups is 2. The fraction of sp³-hybridized carbons (Fsp3) is 0.714. The number of piperidine rings is 1. The van der Waals surface area contributed by atoms with Gasteiger partial charge in [-0.05, 0) is 12.5 Å². The minimum atomic E-state index is -0.939. The van der Waals surface area contributed by atoms with Crippen molar-refractivity contribution < 1.29 is 19.8 Å². The predicted molar refractivity (Wildman–Crippen MR) is 37.5 cm³/mol. The van der Waals surface area contributed by atoms with Gasteiger partial charge in [-0.25, -0.2) is 0 Å². The molecule has 1 saturated heterocycles. The van der Waals surface area contributed by atoms with Gasteiger partial charge in [0, 0.05) is 5.92 Å². The molecular weight excluding hydrogens is 162 g/mol. The van der Waals surface area contributed by atoms with E-state index in [1.165, 1.54) is 0 Å². The Bertz CT molecular complexity index is 252. The van der Waals surface area contributed by atoms with Crippen LogP contribution in [0.3, 0.4) is 0 Å². The second-order valence-corrected chi connectivity index (χ2v) is 3.33. The summed E-state index contributed by atoms with van der Waals surface area (Å²) < 4.78 is 0. The van der Waals surface area contributed by atoms with Gasteiger partial charge in [0.2, 0.25) is 0 Å². The van der Waals surface area contributed by atoms with Gasteiger partial charge in [0.15, 0.2) is 0 Å². The zero-order valence-electron chi connectivity index (χ0n) is 6.23. The van der Waals surface area contributed by atoms with E-state index in [9.17, 15) is 9.59 Å². The van der Waals surface area contributed by atoms with Crippen LogP contribution in [0.1, 0.15) is 0 Å². The summed E-state index contributed by atoms with van der Waals surface area (Å²) in [6.07, 6.45) is 0. The smallest absolute Gasteiger partial charge is 0.321 e. The number of nitrogens with one attached hydrogen (secondary N) is 1. The van der Waals surface area contributed by atoms with Crippen molar-refractivity contribution in [3.8, 4) is 0 Å². The van der Waals surface area contributed by atoms with E-state index in [4.69, 9.17) is 10.2 Å². The van der Waals surface area contributed by atoms with Gasteiger partial charge in [0.1, 0.15) is 6.04 Å². The molecule has 12 heavy (non-hydrogen) atoms. The molecule has 0 aromatic rings. The zero-order valence-corrected chi connectivity index (χ0v) is 6.23. The molecule has 2 aliphatic rings. The molecule has 0 aromatic carbocycles. The molecule has 4 atom stereocenters. The molecule has 1 aliphatic heterocycles. The first-order valence-electron chi connectivity index (χ1n) is 3.82. The van der Waals surface area contributed by atoms with Crippen molar-refractivity contribution in [1.82, 2.24) is 5.32 Å². The number of hydrogen-bond acceptors (Lipinski definition) is 3. The summed E-state index contributed by atoms with van der Waals surface area (Å²) >= 11 is 0. The van der Waals surface area contributed by atoms with E-state index < -0.39 is 23.9 Å². The Morgan fingerprint density at radius 2 is 1.92 bits per heavy atom. The van der Waals surface area contributed by atoms with Gasteiger partial charge in [0.25, 0.3) is 0 Å². The number of fused-ring (bicyclic) bond motifs is 1. The third-order valence-electron chi connectivity index (χ3n) is 2.74. The van der Waals surface area contributed by atoms with Crippen LogP contribution in [0, 0.1) is 17.8 Å². The molecule has 0 radical (unpaired) electrons. The number of hydrogen-bond donors (Lipinski definition) is 3. The van der Waals surface area contributed by atoms with Crippen LogP contribution in [0.5, 0.6) is 0 Å². The highest BCUT2D eigenvalue weighted by atomic mass is 16.4. The molecule has 2 fully saturated rings. The molecule has 1 saturated carbocycles. The fourth-order valence-electron chi connectivity index (χ4n) is 2.12. The lowest BCUT2D eigenvalue weighted by molar-refractivity contribution is -0.141.